The number of nitrogens with two attached hydrogens (primary N) is 2. The molecule has 0 saturated carbocycles. The molecule has 0 aromatic rings. The second-order valence-electron chi connectivity index (χ2n) is 12.3. The lowest BCUT2D eigenvalue weighted by Crippen LogP contribution is -2.37. The number of ether oxygens (including phenoxy) is 12. The minimum atomic E-state index is -0.406. The van der Waals surface area contributed by atoms with Crippen molar-refractivity contribution >= 4 is 23.6 Å². The fourth-order valence-corrected chi connectivity index (χ4v) is 4.70. The maximum absolute atomic E-state index is 12.9. The molecule has 0 aromatic heterocycles. The molecule has 21 nitrogen and oxygen atoms in total. The van der Waals surface area contributed by atoms with Gasteiger partial charge in [-0.1, -0.05) is 0 Å². The predicted molar refractivity (Wildman–Crippen MR) is 213 cm³/mol. The van der Waals surface area contributed by atoms with Gasteiger partial charge in [-0.3, -0.25) is 24.1 Å². The summed E-state index contributed by atoms with van der Waals surface area (Å²) in [4.78, 5) is 50.5. The smallest absolute Gasteiger partial charge is 0.253 e. The number of rotatable bonds is 46. The summed E-state index contributed by atoms with van der Waals surface area (Å²) in [6, 6.07) is 0. The Morgan fingerprint density at radius 1 is 0.458 bits per heavy atom. The first-order chi connectivity index (χ1) is 29.0. The lowest BCUT2D eigenvalue weighted by atomic mass is 10.3. The highest BCUT2D eigenvalue weighted by molar-refractivity contribution is 6.13. The first kappa shape index (κ1) is 54.3. The van der Waals surface area contributed by atoms with Crippen molar-refractivity contribution in [2.24, 2.45) is 11.5 Å². The zero-order valence-corrected chi connectivity index (χ0v) is 34.9. The topological polar surface area (TPSA) is 250 Å². The minimum absolute atomic E-state index is 0.0397. The van der Waals surface area contributed by atoms with Crippen LogP contribution in [0.25, 0.3) is 0 Å². The number of nitrogens with zero attached hydrogens (tertiary/aromatic N) is 2. The molecule has 0 unspecified atom stereocenters. The molecule has 1 rings (SSSR count). The second kappa shape index (κ2) is 42.0. The number of hydrogen-bond donors (Lipinski definition) is 3. The van der Waals surface area contributed by atoms with Gasteiger partial charge in [0.2, 0.25) is 11.8 Å². The molecular formula is C38H71N5O16. The zero-order chi connectivity index (χ0) is 42.7. The molecule has 0 radical (unpaired) electrons. The molecule has 0 aliphatic carbocycles. The summed E-state index contributed by atoms with van der Waals surface area (Å²) in [6.07, 6.45) is 2.63. The third-order valence-corrected chi connectivity index (χ3v) is 7.73. The highest BCUT2D eigenvalue weighted by Gasteiger charge is 2.23. The SMILES string of the molecule is NCCOCCOCCOCCN(CCOCCOCCOCCN)C(=O)CCOCCOCCOCCOCCOCCOCCNC(=O)CCN1C(=O)C=CC1=O. The summed E-state index contributed by atoms with van der Waals surface area (Å²) in [5.41, 5.74) is 10.8. The molecule has 1 aliphatic heterocycles. The summed E-state index contributed by atoms with van der Waals surface area (Å²) in [7, 11) is 0. The minimum Gasteiger partial charge on any atom is -0.379 e. The molecule has 59 heavy (non-hydrogen) atoms. The molecule has 21 heteroatoms. The molecule has 0 bridgehead atoms. The maximum atomic E-state index is 12.9. The van der Waals surface area contributed by atoms with Crippen molar-refractivity contribution in [2.75, 3.05) is 198 Å². The first-order valence-electron chi connectivity index (χ1n) is 20.4. The Balaban J connectivity index is 1.97. The average molecular weight is 854 g/mol. The van der Waals surface area contributed by atoms with E-state index in [1.807, 2.05) is 0 Å². The van der Waals surface area contributed by atoms with Gasteiger partial charge in [0.1, 0.15) is 0 Å². The van der Waals surface area contributed by atoms with Crippen molar-refractivity contribution in [2.45, 2.75) is 12.8 Å². The van der Waals surface area contributed by atoms with E-state index in [-0.39, 0.29) is 37.8 Å². The van der Waals surface area contributed by atoms with Gasteiger partial charge in [-0.25, -0.2) is 0 Å². The Bertz CT molecular complexity index is 1020. The fourth-order valence-electron chi connectivity index (χ4n) is 4.70. The molecule has 0 fully saturated rings. The fraction of sp³-hybridized carbons (Fsp3) is 0.842. The molecular weight excluding hydrogens is 782 g/mol. The molecule has 0 saturated heterocycles. The summed E-state index contributed by atoms with van der Waals surface area (Å²) in [5.74, 6) is -1.14. The Hall–Kier alpha value is -2.74. The van der Waals surface area contributed by atoms with Gasteiger partial charge in [0, 0.05) is 57.8 Å². The number of hydrogen-bond acceptors (Lipinski definition) is 18. The Kier molecular flexibility index (Phi) is 38.6. The monoisotopic (exact) mass is 853 g/mol. The van der Waals surface area contributed by atoms with Crippen molar-refractivity contribution in [1.29, 1.82) is 0 Å². The molecule has 1 heterocycles. The average Bonchev–Trinajstić information content (AvgIpc) is 3.56. The van der Waals surface area contributed by atoms with Crippen LogP contribution in [-0.4, -0.2) is 231 Å². The predicted octanol–water partition coefficient (Wildman–Crippen LogP) is -2.25. The Morgan fingerprint density at radius 2 is 0.780 bits per heavy atom. The van der Waals surface area contributed by atoms with Crippen LogP contribution in [0.5, 0.6) is 0 Å². The number of imide groups is 1. The van der Waals surface area contributed by atoms with E-state index in [9.17, 15) is 19.2 Å². The largest absolute Gasteiger partial charge is 0.379 e. The molecule has 5 N–H and O–H groups in total. The molecule has 1 aliphatic rings. The van der Waals surface area contributed by atoms with Gasteiger partial charge in [0.15, 0.2) is 0 Å². The Labute approximate surface area is 348 Å². The number of nitrogens with one attached hydrogen (secondary N) is 1. The van der Waals surface area contributed by atoms with Gasteiger partial charge >= 0.3 is 0 Å². The van der Waals surface area contributed by atoms with Crippen LogP contribution in [0.15, 0.2) is 12.2 Å². The molecule has 0 spiro atoms. The van der Waals surface area contributed by atoms with Crippen LogP contribution in [0.2, 0.25) is 0 Å². The van der Waals surface area contributed by atoms with E-state index in [4.69, 9.17) is 68.3 Å². The summed E-state index contributed by atoms with van der Waals surface area (Å²) in [6.45, 7) is 12.0. The van der Waals surface area contributed by atoms with Crippen LogP contribution in [-0.2, 0) is 76.0 Å². The van der Waals surface area contributed by atoms with Crippen molar-refractivity contribution in [1.82, 2.24) is 15.1 Å². The second-order valence-corrected chi connectivity index (χ2v) is 12.3. The first-order valence-corrected chi connectivity index (χ1v) is 20.4. The normalized spacial score (nSPS) is 12.6. The van der Waals surface area contributed by atoms with Crippen LogP contribution in [0.4, 0.5) is 0 Å². The number of amides is 4. The van der Waals surface area contributed by atoms with E-state index in [1.54, 1.807) is 4.90 Å². The number of carbonyl (C=O) groups excluding carboxylic acids is 4. The van der Waals surface area contributed by atoms with E-state index < -0.39 is 11.8 Å². The Morgan fingerprint density at radius 3 is 1.15 bits per heavy atom. The summed E-state index contributed by atoms with van der Waals surface area (Å²) < 4.78 is 65.8. The maximum Gasteiger partial charge on any atom is 0.253 e. The lowest BCUT2D eigenvalue weighted by Gasteiger charge is -2.23. The van der Waals surface area contributed by atoms with Gasteiger partial charge in [0.25, 0.3) is 11.8 Å². The van der Waals surface area contributed by atoms with E-state index in [0.29, 0.717) is 185 Å². The third-order valence-electron chi connectivity index (χ3n) is 7.73. The highest BCUT2D eigenvalue weighted by Crippen LogP contribution is 2.04. The van der Waals surface area contributed by atoms with Crippen molar-refractivity contribution in [3.05, 3.63) is 12.2 Å². The zero-order valence-electron chi connectivity index (χ0n) is 34.9. The van der Waals surface area contributed by atoms with E-state index in [2.05, 4.69) is 5.32 Å². The third kappa shape index (κ3) is 34.6. The van der Waals surface area contributed by atoms with Crippen LogP contribution in [0.1, 0.15) is 12.8 Å². The summed E-state index contributed by atoms with van der Waals surface area (Å²) >= 11 is 0. The standard InChI is InChI=1S/C38H71N5O16/c39-5-12-49-18-24-55-27-21-52-15-9-42(10-16-53-22-28-56-25-19-50-13-6-40)36(45)4-11-48-17-23-54-29-31-58-33-34-59-32-30-57-26-20-51-14-7-41-35(44)3-8-43-37(46)1-2-38(43)47/h1-2H,3-34,39-40H2,(H,41,44). The van der Waals surface area contributed by atoms with Gasteiger partial charge in [-0.2, -0.15) is 0 Å². The van der Waals surface area contributed by atoms with E-state index >= 15 is 0 Å². The van der Waals surface area contributed by atoms with Gasteiger partial charge in [0.05, 0.1) is 165 Å². The highest BCUT2D eigenvalue weighted by atomic mass is 16.6. The lowest BCUT2D eigenvalue weighted by molar-refractivity contribution is -0.137. The quantitative estimate of drug-likeness (QED) is 0.0432. The van der Waals surface area contributed by atoms with E-state index in [0.717, 1.165) is 4.90 Å². The van der Waals surface area contributed by atoms with Crippen molar-refractivity contribution in [3.8, 4) is 0 Å². The van der Waals surface area contributed by atoms with Gasteiger partial charge in [-0.05, 0) is 0 Å². The van der Waals surface area contributed by atoms with Gasteiger partial charge < -0.3 is 78.5 Å². The number of carbonyl (C=O) groups is 4. The molecule has 344 valence electrons. The summed E-state index contributed by atoms with van der Waals surface area (Å²) in [5, 5.41) is 2.68. The van der Waals surface area contributed by atoms with Crippen LogP contribution in [0.3, 0.4) is 0 Å². The van der Waals surface area contributed by atoms with Crippen LogP contribution < -0.4 is 16.8 Å². The van der Waals surface area contributed by atoms with E-state index in [1.165, 1.54) is 12.2 Å². The van der Waals surface area contributed by atoms with Gasteiger partial charge in [-0.15, -0.1) is 0 Å². The van der Waals surface area contributed by atoms with Crippen LogP contribution >= 0.6 is 0 Å². The van der Waals surface area contributed by atoms with Crippen LogP contribution in [0, 0.1) is 0 Å². The van der Waals surface area contributed by atoms with Crippen molar-refractivity contribution < 1.29 is 76.0 Å². The molecule has 0 atom stereocenters. The molecule has 4 amide bonds. The van der Waals surface area contributed by atoms with Crippen molar-refractivity contribution in [3.63, 3.8) is 0 Å². The molecule has 0 aromatic carbocycles.